The molecule has 0 aromatic heterocycles. The Morgan fingerprint density at radius 2 is 1.55 bits per heavy atom. The molecule has 0 radical (unpaired) electrons. The normalized spacial score (nSPS) is 11.7. The zero-order valence-electron chi connectivity index (χ0n) is 18.1. The fourth-order valence-corrected chi connectivity index (χ4v) is 3.09. The van der Waals surface area contributed by atoms with Gasteiger partial charge in [0.1, 0.15) is 41.4 Å². The van der Waals surface area contributed by atoms with Gasteiger partial charge >= 0.3 is 0 Å². The van der Waals surface area contributed by atoms with Crippen LogP contribution in [0.25, 0.3) is 0 Å². The molecule has 0 saturated heterocycles. The van der Waals surface area contributed by atoms with Gasteiger partial charge in [-0.1, -0.05) is 38.1 Å². The van der Waals surface area contributed by atoms with Crippen molar-refractivity contribution in [3.05, 3.63) is 95.3 Å². The van der Waals surface area contributed by atoms with Gasteiger partial charge < -0.3 is 15.4 Å². The number of halogens is 3. The molecular weight excluding hydrogens is 433 g/mol. The van der Waals surface area contributed by atoms with Gasteiger partial charge in [0.2, 0.25) is 5.91 Å². The fraction of sp³-hybridized carbons (Fsp3) is 0.200. The van der Waals surface area contributed by atoms with Gasteiger partial charge in [0.25, 0.3) is 5.91 Å². The Morgan fingerprint density at radius 1 is 0.909 bits per heavy atom. The number of carbonyl (C=O) groups is 2. The summed E-state index contributed by atoms with van der Waals surface area (Å²) in [6, 6.07) is 14.5. The third-order valence-electron chi connectivity index (χ3n) is 4.85. The molecule has 0 aliphatic carbocycles. The summed E-state index contributed by atoms with van der Waals surface area (Å²) >= 11 is 0. The number of carbonyl (C=O) groups excluding carboxylic acids is 2. The van der Waals surface area contributed by atoms with Crippen LogP contribution in [-0.2, 0) is 11.4 Å². The van der Waals surface area contributed by atoms with Crippen LogP contribution >= 0.6 is 0 Å². The Morgan fingerprint density at radius 3 is 2.18 bits per heavy atom. The lowest BCUT2D eigenvalue weighted by molar-refractivity contribution is -0.118. The second-order valence-corrected chi connectivity index (χ2v) is 7.72. The molecule has 0 bridgehead atoms. The van der Waals surface area contributed by atoms with Crippen molar-refractivity contribution in [3.63, 3.8) is 0 Å². The zero-order chi connectivity index (χ0) is 24.0. The molecule has 0 saturated carbocycles. The van der Waals surface area contributed by atoms with Crippen molar-refractivity contribution in [3.8, 4) is 5.75 Å². The van der Waals surface area contributed by atoms with Crippen LogP contribution < -0.4 is 15.4 Å². The van der Waals surface area contributed by atoms with Crippen molar-refractivity contribution in [2.45, 2.75) is 26.5 Å². The summed E-state index contributed by atoms with van der Waals surface area (Å²) in [5.41, 5.74) is 0.439. The highest BCUT2D eigenvalue weighted by atomic mass is 19.1. The minimum atomic E-state index is -1.04. The van der Waals surface area contributed by atoms with Crippen molar-refractivity contribution >= 4 is 17.5 Å². The van der Waals surface area contributed by atoms with Crippen LogP contribution in [0.3, 0.4) is 0 Å². The summed E-state index contributed by atoms with van der Waals surface area (Å²) in [5, 5.41) is 5.09. The molecule has 33 heavy (non-hydrogen) atoms. The largest absolute Gasteiger partial charge is 0.489 e. The van der Waals surface area contributed by atoms with Gasteiger partial charge in [-0.05, 0) is 47.9 Å². The summed E-state index contributed by atoms with van der Waals surface area (Å²) < 4.78 is 46.6. The van der Waals surface area contributed by atoms with Crippen molar-refractivity contribution < 1.29 is 27.5 Å². The molecule has 8 heteroatoms. The Balaban J connectivity index is 1.67. The lowest BCUT2D eigenvalue weighted by Crippen LogP contribution is -2.47. The molecule has 0 heterocycles. The monoisotopic (exact) mass is 456 g/mol. The van der Waals surface area contributed by atoms with Crippen LogP contribution in [0.4, 0.5) is 18.9 Å². The average Bonchev–Trinajstić information content (AvgIpc) is 2.77. The summed E-state index contributed by atoms with van der Waals surface area (Å²) in [7, 11) is 0. The van der Waals surface area contributed by atoms with Crippen molar-refractivity contribution in [1.29, 1.82) is 0 Å². The number of nitrogens with one attached hydrogen (secondary N) is 2. The van der Waals surface area contributed by atoms with E-state index in [1.807, 2.05) is 0 Å². The fourth-order valence-electron chi connectivity index (χ4n) is 3.09. The second kappa shape index (κ2) is 10.7. The summed E-state index contributed by atoms with van der Waals surface area (Å²) in [5.74, 6) is -3.82. The molecule has 2 amide bonds. The molecule has 1 unspecified atom stereocenters. The highest BCUT2D eigenvalue weighted by Crippen LogP contribution is 2.20. The van der Waals surface area contributed by atoms with E-state index in [0.717, 1.165) is 23.8 Å². The first kappa shape index (κ1) is 23.8. The van der Waals surface area contributed by atoms with Gasteiger partial charge in [-0.15, -0.1) is 0 Å². The molecule has 3 aromatic rings. The van der Waals surface area contributed by atoms with Crippen LogP contribution in [0.2, 0.25) is 0 Å². The predicted molar refractivity (Wildman–Crippen MR) is 118 cm³/mol. The molecule has 5 nitrogen and oxygen atoms in total. The van der Waals surface area contributed by atoms with E-state index in [1.165, 1.54) is 12.1 Å². The number of benzene rings is 3. The van der Waals surface area contributed by atoms with Crippen molar-refractivity contribution in [2.24, 2.45) is 5.92 Å². The summed E-state index contributed by atoms with van der Waals surface area (Å²) in [6.45, 7) is 3.60. The van der Waals surface area contributed by atoms with Gasteiger partial charge in [-0.25, -0.2) is 13.2 Å². The third-order valence-corrected chi connectivity index (χ3v) is 4.85. The third kappa shape index (κ3) is 6.35. The molecule has 0 aliphatic heterocycles. The zero-order valence-corrected chi connectivity index (χ0v) is 18.1. The van der Waals surface area contributed by atoms with E-state index in [9.17, 15) is 22.8 Å². The number of hydrogen-bond donors (Lipinski definition) is 2. The van der Waals surface area contributed by atoms with Crippen LogP contribution in [0.5, 0.6) is 5.75 Å². The van der Waals surface area contributed by atoms with Gasteiger partial charge in [0.15, 0.2) is 0 Å². The van der Waals surface area contributed by atoms with Gasteiger partial charge in [0.05, 0.1) is 0 Å². The minimum Gasteiger partial charge on any atom is -0.489 e. The van der Waals surface area contributed by atoms with Gasteiger partial charge in [0, 0.05) is 11.8 Å². The lowest BCUT2D eigenvalue weighted by atomic mass is 10.0. The maximum absolute atomic E-state index is 13.9. The quantitative estimate of drug-likeness (QED) is 0.497. The van der Waals surface area contributed by atoms with Crippen LogP contribution in [0.15, 0.2) is 66.7 Å². The Labute approximate surface area is 189 Å². The van der Waals surface area contributed by atoms with E-state index in [4.69, 9.17) is 4.74 Å². The number of anilines is 1. The first-order valence-electron chi connectivity index (χ1n) is 10.3. The number of ether oxygens (including phenoxy) is 1. The first-order valence-corrected chi connectivity index (χ1v) is 10.3. The van der Waals surface area contributed by atoms with E-state index >= 15 is 0 Å². The molecule has 0 aliphatic rings. The number of amides is 2. The molecule has 1 atom stereocenters. The molecule has 3 rings (SSSR count). The van der Waals surface area contributed by atoms with Gasteiger partial charge in [-0.2, -0.15) is 0 Å². The predicted octanol–water partition coefficient (Wildman–Crippen LogP) is 5.08. The minimum absolute atomic E-state index is 0.205. The average molecular weight is 456 g/mol. The van der Waals surface area contributed by atoms with Gasteiger partial charge in [-0.3, -0.25) is 9.59 Å². The van der Waals surface area contributed by atoms with Crippen LogP contribution in [-0.4, -0.2) is 17.9 Å². The smallest absolute Gasteiger partial charge is 0.257 e. The van der Waals surface area contributed by atoms with Crippen LogP contribution in [0.1, 0.15) is 29.8 Å². The van der Waals surface area contributed by atoms with Crippen molar-refractivity contribution in [1.82, 2.24) is 5.32 Å². The Bertz CT molecular complexity index is 1110. The topological polar surface area (TPSA) is 67.4 Å². The second-order valence-electron chi connectivity index (χ2n) is 7.72. The Hall–Kier alpha value is -3.81. The standard InChI is InChI=1S/C25H23F3N2O3/c1-15(2)23(30-24(31)22-20(27)7-4-8-21(22)28)25(32)29-18-5-3-6-19(13-18)33-14-16-9-11-17(26)12-10-16/h3-13,15,23H,14H2,1-2H3,(H,29,32)(H,30,31). The number of rotatable bonds is 8. The van der Waals surface area contributed by atoms with E-state index in [2.05, 4.69) is 10.6 Å². The maximum atomic E-state index is 13.9. The van der Waals surface area contributed by atoms with E-state index in [0.29, 0.717) is 11.4 Å². The molecule has 0 fully saturated rings. The summed E-state index contributed by atoms with van der Waals surface area (Å²) in [4.78, 5) is 25.3. The Kier molecular flexibility index (Phi) is 7.71. The van der Waals surface area contributed by atoms with E-state index in [1.54, 1.807) is 50.2 Å². The van der Waals surface area contributed by atoms with Crippen LogP contribution in [0, 0.1) is 23.4 Å². The summed E-state index contributed by atoms with van der Waals surface area (Å²) in [6.07, 6.45) is 0. The highest BCUT2D eigenvalue weighted by Gasteiger charge is 2.27. The lowest BCUT2D eigenvalue weighted by Gasteiger charge is -2.22. The first-order chi connectivity index (χ1) is 15.7. The van der Waals surface area contributed by atoms with E-state index in [-0.39, 0.29) is 18.3 Å². The van der Waals surface area contributed by atoms with E-state index < -0.39 is 35.1 Å². The maximum Gasteiger partial charge on any atom is 0.257 e. The molecule has 172 valence electrons. The molecule has 0 spiro atoms. The molecular formula is C25H23F3N2O3. The van der Waals surface area contributed by atoms with Crippen molar-refractivity contribution in [2.75, 3.05) is 5.32 Å². The SMILES string of the molecule is CC(C)C(NC(=O)c1c(F)cccc1F)C(=O)Nc1cccc(OCc2ccc(F)cc2)c1. The number of hydrogen-bond acceptors (Lipinski definition) is 3. The molecule has 3 aromatic carbocycles. The molecule has 2 N–H and O–H groups in total. The highest BCUT2D eigenvalue weighted by molar-refractivity contribution is 6.01.